The Labute approximate surface area is 148 Å². The monoisotopic (exact) mass is 342 g/mol. The first-order valence-electron chi connectivity index (χ1n) is 9.35. The molecular weight excluding hydrogens is 316 g/mol. The number of carbonyl (C=O) groups excluding carboxylic acids is 2. The molecule has 3 unspecified atom stereocenters. The van der Waals surface area contributed by atoms with Gasteiger partial charge in [-0.3, -0.25) is 14.4 Å². The second-order valence-corrected chi connectivity index (χ2v) is 7.61. The van der Waals surface area contributed by atoms with Crippen molar-refractivity contribution in [3.8, 4) is 0 Å². The van der Waals surface area contributed by atoms with Crippen LogP contribution in [0.1, 0.15) is 68.1 Å². The quantitative estimate of drug-likeness (QED) is 0.856. The lowest BCUT2D eigenvalue weighted by atomic mass is 9.86. The number of carboxylic acid groups (broad SMARTS) is 1. The first-order valence-corrected chi connectivity index (χ1v) is 9.35. The number of carbonyl (C=O) groups is 3. The van der Waals surface area contributed by atoms with Crippen molar-refractivity contribution in [2.45, 2.75) is 64.2 Å². The van der Waals surface area contributed by atoms with Gasteiger partial charge in [0.05, 0.1) is 5.92 Å². The van der Waals surface area contributed by atoms with E-state index in [1.807, 2.05) is 18.2 Å². The number of ketones is 2. The van der Waals surface area contributed by atoms with Crippen LogP contribution in [0.2, 0.25) is 0 Å². The van der Waals surface area contributed by atoms with E-state index >= 15 is 0 Å². The molecule has 0 bridgehead atoms. The van der Waals surface area contributed by atoms with Crippen molar-refractivity contribution in [3.05, 3.63) is 34.9 Å². The molecule has 4 nitrogen and oxygen atoms in total. The summed E-state index contributed by atoms with van der Waals surface area (Å²) in [6, 6.07) is 5.90. The van der Waals surface area contributed by atoms with Gasteiger partial charge in [-0.1, -0.05) is 18.2 Å². The lowest BCUT2D eigenvalue weighted by Gasteiger charge is -2.18. The van der Waals surface area contributed by atoms with Crippen molar-refractivity contribution in [2.75, 3.05) is 0 Å². The van der Waals surface area contributed by atoms with Gasteiger partial charge < -0.3 is 5.11 Å². The van der Waals surface area contributed by atoms with E-state index in [4.69, 9.17) is 0 Å². The van der Waals surface area contributed by atoms with Gasteiger partial charge in [0.1, 0.15) is 11.6 Å². The largest absolute Gasteiger partial charge is 0.481 e. The topological polar surface area (TPSA) is 71.4 Å². The molecule has 4 heteroatoms. The van der Waals surface area contributed by atoms with E-state index in [1.165, 1.54) is 0 Å². The summed E-state index contributed by atoms with van der Waals surface area (Å²) in [5, 5.41) is 9.39. The molecule has 0 aromatic heterocycles. The number of hydrogen-bond acceptors (Lipinski definition) is 3. The van der Waals surface area contributed by atoms with Crippen LogP contribution in [-0.4, -0.2) is 22.6 Å². The number of hydrogen-bond donors (Lipinski definition) is 1. The molecule has 0 saturated heterocycles. The molecule has 1 N–H and O–H groups in total. The predicted molar refractivity (Wildman–Crippen MR) is 94.6 cm³/mol. The van der Waals surface area contributed by atoms with Crippen LogP contribution in [0, 0.1) is 11.8 Å². The molecule has 2 aliphatic rings. The summed E-state index contributed by atoms with van der Waals surface area (Å²) < 4.78 is 0. The molecule has 3 rings (SSSR count). The Morgan fingerprint density at radius 3 is 2.20 bits per heavy atom. The van der Waals surface area contributed by atoms with Crippen LogP contribution in [0.4, 0.5) is 0 Å². The normalized spacial score (nSPS) is 24.7. The van der Waals surface area contributed by atoms with Gasteiger partial charge in [0.25, 0.3) is 0 Å². The van der Waals surface area contributed by atoms with E-state index in [0.717, 1.165) is 48.8 Å². The Morgan fingerprint density at radius 2 is 1.68 bits per heavy atom. The van der Waals surface area contributed by atoms with Crippen molar-refractivity contribution in [2.24, 2.45) is 11.8 Å². The summed E-state index contributed by atoms with van der Waals surface area (Å²) in [5.41, 5.74) is 2.86. The number of rotatable bonds is 6. The van der Waals surface area contributed by atoms with Gasteiger partial charge >= 0.3 is 5.97 Å². The molecule has 0 aliphatic heterocycles. The Morgan fingerprint density at radius 1 is 1.08 bits per heavy atom. The minimum Gasteiger partial charge on any atom is -0.481 e. The van der Waals surface area contributed by atoms with Crippen molar-refractivity contribution in [3.63, 3.8) is 0 Å². The Bertz CT molecular complexity index is 691. The lowest BCUT2D eigenvalue weighted by molar-refractivity contribution is -0.138. The van der Waals surface area contributed by atoms with Crippen molar-refractivity contribution < 1.29 is 19.5 Å². The van der Waals surface area contributed by atoms with Crippen molar-refractivity contribution in [1.82, 2.24) is 0 Å². The summed E-state index contributed by atoms with van der Waals surface area (Å²) in [4.78, 5) is 35.4. The average Bonchev–Trinajstić information content (AvgIpc) is 3.16. The fourth-order valence-electron chi connectivity index (χ4n) is 4.28. The average molecular weight is 342 g/mol. The minimum absolute atomic E-state index is 0.0168. The van der Waals surface area contributed by atoms with E-state index < -0.39 is 11.9 Å². The van der Waals surface area contributed by atoms with E-state index in [-0.39, 0.29) is 11.8 Å². The summed E-state index contributed by atoms with van der Waals surface area (Å²) in [6.45, 7) is 1.69. The SMILES string of the molecule is CC(C(=O)O)c1ccc(CC2CCCC2=O)cc1CC1CCCC1=O. The molecule has 0 amide bonds. The molecule has 3 atom stereocenters. The van der Waals surface area contributed by atoms with Gasteiger partial charge in [0.15, 0.2) is 0 Å². The van der Waals surface area contributed by atoms with Gasteiger partial charge in [0.2, 0.25) is 0 Å². The van der Waals surface area contributed by atoms with Gasteiger partial charge in [-0.05, 0) is 62.1 Å². The van der Waals surface area contributed by atoms with E-state index in [9.17, 15) is 19.5 Å². The van der Waals surface area contributed by atoms with Crippen LogP contribution < -0.4 is 0 Å². The molecule has 25 heavy (non-hydrogen) atoms. The summed E-state index contributed by atoms with van der Waals surface area (Å²) in [6.07, 6.45) is 6.43. The lowest BCUT2D eigenvalue weighted by Crippen LogP contribution is -2.16. The van der Waals surface area contributed by atoms with Crippen LogP contribution in [0.15, 0.2) is 18.2 Å². The van der Waals surface area contributed by atoms with Gasteiger partial charge in [-0.2, -0.15) is 0 Å². The van der Waals surface area contributed by atoms with E-state index in [0.29, 0.717) is 30.8 Å². The highest BCUT2D eigenvalue weighted by Crippen LogP contribution is 2.31. The van der Waals surface area contributed by atoms with Crippen molar-refractivity contribution in [1.29, 1.82) is 0 Å². The van der Waals surface area contributed by atoms with E-state index in [2.05, 4.69) is 0 Å². The van der Waals surface area contributed by atoms with Crippen molar-refractivity contribution >= 4 is 17.5 Å². The fourth-order valence-corrected chi connectivity index (χ4v) is 4.28. The summed E-state index contributed by atoms with van der Waals surface area (Å²) >= 11 is 0. The number of carboxylic acids is 1. The third kappa shape index (κ3) is 4.00. The maximum atomic E-state index is 12.0. The Kier molecular flexibility index (Phi) is 5.36. The maximum absolute atomic E-state index is 12.0. The predicted octanol–water partition coefficient (Wildman–Crippen LogP) is 3.70. The molecular formula is C21H26O4. The fraction of sp³-hybridized carbons (Fsp3) is 0.571. The summed E-state index contributed by atoms with van der Waals surface area (Å²) in [7, 11) is 0. The molecule has 2 aliphatic carbocycles. The minimum atomic E-state index is -0.849. The van der Waals surface area contributed by atoms with Gasteiger partial charge in [-0.25, -0.2) is 0 Å². The smallest absolute Gasteiger partial charge is 0.310 e. The maximum Gasteiger partial charge on any atom is 0.310 e. The highest BCUT2D eigenvalue weighted by atomic mass is 16.4. The second kappa shape index (κ2) is 7.51. The molecule has 0 spiro atoms. The third-order valence-electron chi connectivity index (χ3n) is 5.85. The Balaban J connectivity index is 1.86. The second-order valence-electron chi connectivity index (χ2n) is 7.61. The Hall–Kier alpha value is -1.97. The van der Waals surface area contributed by atoms with Crippen LogP contribution in [-0.2, 0) is 27.2 Å². The first-order chi connectivity index (χ1) is 12.0. The van der Waals surface area contributed by atoms with Crippen LogP contribution in [0.3, 0.4) is 0 Å². The number of benzene rings is 1. The van der Waals surface area contributed by atoms with Gasteiger partial charge in [0, 0.05) is 24.7 Å². The van der Waals surface area contributed by atoms with Crippen LogP contribution in [0.25, 0.3) is 0 Å². The molecule has 134 valence electrons. The zero-order valence-corrected chi connectivity index (χ0v) is 14.8. The number of aliphatic carboxylic acids is 1. The molecule has 0 radical (unpaired) electrons. The number of Topliss-reactive ketones (excluding diaryl/α,β-unsaturated/α-hetero) is 2. The highest BCUT2D eigenvalue weighted by Gasteiger charge is 2.28. The molecule has 1 aromatic carbocycles. The van der Waals surface area contributed by atoms with Gasteiger partial charge in [-0.15, -0.1) is 0 Å². The molecule has 2 saturated carbocycles. The van der Waals surface area contributed by atoms with Crippen LogP contribution in [0.5, 0.6) is 0 Å². The zero-order chi connectivity index (χ0) is 18.0. The first kappa shape index (κ1) is 17.8. The molecule has 0 heterocycles. The van der Waals surface area contributed by atoms with Crippen LogP contribution >= 0.6 is 0 Å². The zero-order valence-electron chi connectivity index (χ0n) is 14.8. The highest BCUT2D eigenvalue weighted by molar-refractivity contribution is 5.84. The standard InChI is InChI=1S/C21H26O4/c1-13(21(24)25)18-9-8-14(10-15-4-2-6-19(15)22)11-17(18)12-16-5-3-7-20(16)23/h8-9,11,13,15-16H,2-7,10,12H2,1H3,(H,24,25). The summed E-state index contributed by atoms with van der Waals surface area (Å²) in [5.74, 6) is -0.681. The molecule has 1 aromatic rings. The molecule has 2 fully saturated rings. The third-order valence-corrected chi connectivity index (χ3v) is 5.85. The van der Waals surface area contributed by atoms with E-state index in [1.54, 1.807) is 6.92 Å².